The Labute approximate surface area is 180 Å². The second-order valence-electron chi connectivity index (χ2n) is 8.44. The minimum absolute atomic E-state index is 0.0948. The van der Waals surface area contributed by atoms with Gasteiger partial charge < -0.3 is 14.5 Å². The van der Waals surface area contributed by atoms with E-state index in [0.717, 1.165) is 37.3 Å². The zero-order valence-electron chi connectivity index (χ0n) is 16.6. The summed E-state index contributed by atoms with van der Waals surface area (Å²) in [5.41, 5.74) is 1.41. The molecule has 0 unspecified atom stereocenters. The lowest BCUT2D eigenvalue weighted by Gasteiger charge is -2.38. The number of hydrogen-bond donors (Lipinski definition) is 0. The molecule has 7 heteroatoms. The second-order valence-corrected chi connectivity index (χ2v) is 8.85. The molecule has 3 aliphatic rings. The van der Waals surface area contributed by atoms with Crippen molar-refractivity contribution in [2.75, 3.05) is 18.0 Å². The van der Waals surface area contributed by atoms with Gasteiger partial charge in [-0.1, -0.05) is 41.9 Å². The standard InChI is InChI=1S/C23H23ClN4O2/c24-17-6-8-20(28-19(17)10-13-25-28)26-14-11-23(12-15-26)22(29)27-18(7-9-21(27)30-23)16-4-2-1-3-5-16/h1-6,8,10,13,18,21H,7,9,11-12,14-15H2/t18-,21+/m0/s1. The number of nitrogens with zero attached hydrogens (tertiary/aromatic N) is 4. The number of amides is 1. The molecule has 5 heterocycles. The maximum absolute atomic E-state index is 13.6. The van der Waals surface area contributed by atoms with Crippen LogP contribution in [0.3, 0.4) is 0 Å². The van der Waals surface area contributed by atoms with E-state index in [2.05, 4.69) is 22.1 Å². The Balaban J connectivity index is 1.23. The highest BCUT2D eigenvalue weighted by Crippen LogP contribution is 2.47. The van der Waals surface area contributed by atoms with Crippen LogP contribution in [0.2, 0.25) is 5.02 Å². The van der Waals surface area contributed by atoms with Crippen LogP contribution in [-0.2, 0) is 9.53 Å². The van der Waals surface area contributed by atoms with Gasteiger partial charge in [0, 0.05) is 25.9 Å². The lowest BCUT2D eigenvalue weighted by molar-refractivity contribution is -0.140. The van der Waals surface area contributed by atoms with E-state index in [1.54, 1.807) is 6.20 Å². The summed E-state index contributed by atoms with van der Waals surface area (Å²) in [6, 6.07) is 16.3. The first-order valence-corrected chi connectivity index (χ1v) is 11.0. The van der Waals surface area contributed by atoms with E-state index in [1.807, 2.05) is 45.8 Å². The molecule has 30 heavy (non-hydrogen) atoms. The topological polar surface area (TPSA) is 50.1 Å². The molecule has 2 aromatic heterocycles. The van der Waals surface area contributed by atoms with Crippen LogP contribution < -0.4 is 4.90 Å². The van der Waals surface area contributed by atoms with Crippen molar-refractivity contribution in [3.63, 3.8) is 0 Å². The number of fused-ring (bicyclic) bond motifs is 2. The monoisotopic (exact) mass is 422 g/mol. The Morgan fingerprint density at radius 3 is 2.63 bits per heavy atom. The molecular weight excluding hydrogens is 400 g/mol. The largest absolute Gasteiger partial charge is 0.356 e. The third-order valence-corrected chi connectivity index (χ3v) is 7.20. The molecule has 1 amide bonds. The van der Waals surface area contributed by atoms with E-state index in [4.69, 9.17) is 16.3 Å². The van der Waals surface area contributed by atoms with Gasteiger partial charge in [-0.25, -0.2) is 4.52 Å². The predicted molar refractivity (Wildman–Crippen MR) is 115 cm³/mol. The van der Waals surface area contributed by atoms with Gasteiger partial charge in [0.25, 0.3) is 5.91 Å². The Morgan fingerprint density at radius 1 is 1.03 bits per heavy atom. The van der Waals surface area contributed by atoms with Crippen LogP contribution in [0.25, 0.3) is 5.52 Å². The molecule has 3 fully saturated rings. The number of aromatic nitrogens is 2. The highest BCUT2D eigenvalue weighted by molar-refractivity contribution is 6.33. The van der Waals surface area contributed by atoms with Crippen molar-refractivity contribution < 1.29 is 9.53 Å². The van der Waals surface area contributed by atoms with Crippen LogP contribution in [0.4, 0.5) is 5.82 Å². The maximum Gasteiger partial charge on any atom is 0.257 e. The minimum atomic E-state index is -0.690. The first-order chi connectivity index (χ1) is 14.7. The Kier molecular flexibility index (Phi) is 4.08. The van der Waals surface area contributed by atoms with E-state index in [-0.39, 0.29) is 18.2 Å². The number of carbonyl (C=O) groups excluding carboxylic acids is 1. The lowest BCUT2D eigenvalue weighted by atomic mass is 9.89. The van der Waals surface area contributed by atoms with Gasteiger partial charge in [0.05, 0.1) is 22.8 Å². The fourth-order valence-corrected chi connectivity index (χ4v) is 5.56. The molecule has 0 aliphatic carbocycles. The normalized spacial score (nSPS) is 25.4. The molecular formula is C23H23ClN4O2. The quantitative estimate of drug-likeness (QED) is 0.625. The van der Waals surface area contributed by atoms with Crippen LogP contribution in [0.5, 0.6) is 0 Å². The predicted octanol–water partition coefficient (Wildman–Crippen LogP) is 4.05. The summed E-state index contributed by atoms with van der Waals surface area (Å²) in [7, 11) is 0. The average molecular weight is 423 g/mol. The van der Waals surface area contributed by atoms with Crippen molar-refractivity contribution in [1.82, 2.24) is 14.5 Å². The number of anilines is 1. The number of rotatable bonds is 2. The first-order valence-electron chi connectivity index (χ1n) is 10.6. The number of benzene rings is 1. The highest BCUT2D eigenvalue weighted by atomic mass is 35.5. The van der Waals surface area contributed by atoms with Crippen LogP contribution in [0, 0.1) is 0 Å². The molecule has 3 aromatic rings. The molecule has 3 aliphatic heterocycles. The van der Waals surface area contributed by atoms with Crippen LogP contribution in [-0.4, -0.2) is 45.3 Å². The van der Waals surface area contributed by atoms with E-state index >= 15 is 0 Å². The molecule has 0 radical (unpaired) electrons. The molecule has 1 spiro atoms. The summed E-state index contributed by atoms with van der Waals surface area (Å²) in [5.74, 6) is 1.17. The number of carbonyl (C=O) groups is 1. The Hall–Kier alpha value is -2.57. The summed E-state index contributed by atoms with van der Waals surface area (Å²) >= 11 is 6.30. The molecule has 1 aromatic carbocycles. The van der Waals surface area contributed by atoms with Crippen molar-refractivity contribution in [2.24, 2.45) is 0 Å². The van der Waals surface area contributed by atoms with Crippen molar-refractivity contribution in [2.45, 2.75) is 43.6 Å². The molecule has 0 saturated carbocycles. The van der Waals surface area contributed by atoms with Crippen LogP contribution in [0.1, 0.15) is 37.3 Å². The average Bonchev–Trinajstić information content (AvgIpc) is 3.48. The smallest absolute Gasteiger partial charge is 0.257 e. The summed E-state index contributed by atoms with van der Waals surface area (Å²) in [4.78, 5) is 17.8. The molecule has 2 atom stereocenters. The minimum Gasteiger partial charge on any atom is -0.356 e. The second kappa shape index (κ2) is 6.72. The van der Waals surface area contributed by atoms with Gasteiger partial charge in [0.15, 0.2) is 5.60 Å². The van der Waals surface area contributed by atoms with Gasteiger partial charge in [0.1, 0.15) is 12.0 Å². The fraction of sp³-hybridized carbons (Fsp3) is 0.391. The summed E-state index contributed by atoms with van der Waals surface area (Å²) in [6.07, 6.45) is 4.91. The molecule has 3 saturated heterocycles. The van der Waals surface area contributed by atoms with Crippen molar-refractivity contribution in [3.8, 4) is 0 Å². The fourth-order valence-electron chi connectivity index (χ4n) is 5.35. The third-order valence-electron chi connectivity index (χ3n) is 6.88. The van der Waals surface area contributed by atoms with Gasteiger partial charge >= 0.3 is 0 Å². The first kappa shape index (κ1) is 18.2. The molecule has 6 rings (SSSR count). The van der Waals surface area contributed by atoms with Gasteiger partial charge in [-0.05, 0) is 36.6 Å². The zero-order valence-corrected chi connectivity index (χ0v) is 17.3. The van der Waals surface area contributed by atoms with Gasteiger partial charge in [-0.15, -0.1) is 0 Å². The molecule has 154 valence electrons. The van der Waals surface area contributed by atoms with E-state index in [9.17, 15) is 4.79 Å². The number of halogens is 1. The summed E-state index contributed by atoms with van der Waals surface area (Å²) in [6.45, 7) is 1.50. The van der Waals surface area contributed by atoms with Crippen LogP contribution >= 0.6 is 11.6 Å². The molecule has 6 nitrogen and oxygen atoms in total. The molecule has 0 N–H and O–H groups in total. The molecule has 0 bridgehead atoms. The van der Waals surface area contributed by atoms with Gasteiger partial charge in [0.2, 0.25) is 0 Å². The van der Waals surface area contributed by atoms with Crippen molar-refractivity contribution >= 4 is 28.8 Å². The maximum atomic E-state index is 13.6. The van der Waals surface area contributed by atoms with Crippen molar-refractivity contribution in [3.05, 3.63) is 65.3 Å². The number of hydrogen-bond acceptors (Lipinski definition) is 4. The number of pyridine rings is 1. The lowest BCUT2D eigenvalue weighted by Crippen LogP contribution is -2.50. The number of ether oxygens (including phenoxy) is 1. The zero-order chi connectivity index (χ0) is 20.3. The van der Waals surface area contributed by atoms with Crippen molar-refractivity contribution in [1.29, 1.82) is 0 Å². The van der Waals surface area contributed by atoms with Gasteiger partial charge in [-0.3, -0.25) is 4.79 Å². The van der Waals surface area contributed by atoms with Crippen LogP contribution in [0.15, 0.2) is 54.7 Å². The Bertz CT molecular complexity index is 1110. The summed E-state index contributed by atoms with van der Waals surface area (Å²) in [5, 5.41) is 5.12. The SMILES string of the molecule is O=C1N2[C@@H](CC[C@H]2c2ccccc2)OC12CCN(c1ccc(Cl)c3ccnn13)CC2. The van der Waals surface area contributed by atoms with E-state index in [0.29, 0.717) is 17.9 Å². The van der Waals surface area contributed by atoms with E-state index in [1.165, 1.54) is 5.56 Å². The third kappa shape index (κ3) is 2.60. The number of piperidine rings is 1. The van der Waals surface area contributed by atoms with E-state index < -0.39 is 5.60 Å². The Morgan fingerprint density at radius 2 is 1.83 bits per heavy atom. The highest BCUT2D eigenvalue weighted by Gasteiger charge is 2.58. The summed E-state index contributed by atoms with van der Waals surface area (Å²) < 4.78 is 8.34. The van der Waals surface area contributed by atoms with Gasteiger partial charge in [-0.2, -0.15) is 5.10 Å².